The highest BCUT2D eigenvalue weighted by Crippen LogP contribution is 2.23. The van der Waals surface area contributed by atoms with Crippen molar-refractivity contribution in [3.63, 3.8) is 0 Å². The number of nitrogens with two attached hydrogens (primary N) is 2. The molecule has 17 heavy (non-hydrogen) atoms. The van der Waals surface area contributed by atoms with E-state index in [2.05, 4.69) is 4.99 Å². The van der Waals surface area contributed by atoms with Gasteiger partial charge in [0, 0.05) is 0 Å². The molecule has 0 aliphatic rings. The number of rotatable bonds is 5. The van der Waals surface area contributed by atoms with Gasteiger partial charge in [0.2, 0.25) is 0 Å². The van der Waals surface area contributed by atoms with Gasteiger partial charge in [-0.25, -0.2) is 4.99 Å². The molecule has 1 rings (SSSR count). The normalized spacial score (nSPS) is 11.6. The Morgan fingerprint density at radius 2 is 2.00 bits per heavy atom. The van der Waals surface area contributed by atoms with Crippen LogP contribution >= 0.6 is 0 Å². The zero-order valence-electron chi connectivity index (χ0n) is 9.46. The van der Waals surface area contributed by atoms with Crippen LogP contribution in [0.25, 0.3) is 0 Å². The summed E-state index contributed by atoms with van der Waals surface area (Å²) in [5, 5.41) is 8.78. The Hall–Kier alpha value is -2.24. The van der Waals surface area contributed by atoms with Crippen molar-refractivity contribution >= 4 is 11.9 Å². The molecule has 1 unspecified atom stereocenters. The summed E-state index contributed by atoms with van der Waals surface area (Å²) in [6.45, 7) is 0. The summed E-state index contributed by atoms with van der Waals surface area (Å²) in [6, 6.07) is 6.35. The maximum Gasteiger partial charge on any atom is 0.305 e. The van der Waals surface area contributed by atoms with Gasteiger partial charge in [-0.2, -0.15) is 0 Å². The molecule has 1 aromatic carbocycles. The molecule has 0 fully saturated rings. The van der Waals surface area contributed by atoms with Crippen LogP contribution < -0.4 is 16.2 Å². The number of nitrogens with zero attached hydrogens (tertiary/aromatic N) is 1. The highest BCUT2D eigenvalue weighted by Gasteiger charge is 2.14. The van der Waals surface area contributed by atoms with E-state index >= 15 is 0 Å². The van der Waals surface area contributed by atoms with Gasteiger partial charge in [0.25, 0.3) is 0 Å². The van der Waals surface area contributed by atoms with Crippen LogP contribution in [0, 0.1) is 0 Å². The highest BCUT2D eigenvalue weighted by atomic mass is 16.5. The molecule has 0 radical (unpaired) electrons. The molecule has 6 nitrogen and oxygen atoms in total. The molecule has 5 N–H and O–H groups in total. The van der Waals surface area contributed by atoms with Crippen LogP contribution in [0.1, 0.15) is 18.0 Å². The first-order valence-corrected chi connectivity index (χ1v) is 4.97. The third-order valence-corrected chi connectivity index (χ3v) is 2.17. The summed E-state index contributed by atoms with van der Waals surface area (Å²) in [6.07, 6.45) is -0.162. The van der Waals surface area contributed by atoms with Gasteiger partial charge in [-0.3, -0.25) is 4.79 Å². The van der Waals surface area contributed by atoms with Crippen molar-refractivity contribution in [2.45, 2.75) is 12.5 Å². The van der Waals surface area contributed by atoms with Gasteiger partial charge in [-0.15, -0.1) is 0 Å². The maximum absolute atomic E-state index is 10.7. The Morgan fingerprint density at radius 1 is 1.41 bits per heavy atom. The van der Waals surface area contributed by atoms with Gasteiger partial charge in [0.1, 0.15) is 5.75 Å². The number of carboxylic acid groups (broad SMARTS) is 1. The van der Waals surface area contributed by atoms with Crippen molar-refractivity contribution < 1.29 is 14.6 Å². The smallest absolute Gasteiger partial charge is 0.305 e. The standard InChI is InChI=1S/C11H15N3O3/c1-17-8-4-2-7(3-5-8)9(6-10(15)16)14-11(12)13/h2-5,9H,6H2,1H3,(H,15,16)(H4,12,13,14). The van der Waals surface area contributed by atoms with Crippen LogP contribution in [-0.2, 0) is 4.79 Å². The van der Waals surface area contributed by atoms with Gasteiger partial charge in [0.05, 0.1) is 19.6 Å². The Bertz CT molecular complexity index is 410. The van der Waals surface area contributed by atoms with E-state index in [-0.39, 0.29) is 12.4 Å². The lowest BCUT2D eigenvalue weighted by atomic mass is 10.0. The first-order chi connectivity index (χ1) is 8.02. The molecule has 0 saturated carbocycles. The fraction of sp³-hybridized carbons (Fsp3) is 0.273. The molecule has 0 aliphatic heterocycles. The molecule has 1 atom stereocenters. The van der Waals surface area contributed by atoms with Crippen molar-refractivity contribution in [3.8, 4) is 5.75 Å². The SMILES string of the molecule is COc1ccc(C(CC(=O)O)N=C(N)N)cc1. The molecule has 92 valence electrons. The van der Waals surface area contributed by atoms with E-state index in [0.29, 0.717) is 5.75 Å². The predicted molar refractivity (Wildman–Crippen MR) is 63.8 cm³/mol. The highest BCUT2D eigenvalue weighted by molar-refractivity contribution is 5.77. The number of guanidine groups is 1. The summed E-state index contributed by atoms with van der Waals surface area (Å²) in [7, 11) is 1.56. The molecule has 1 aromatic rings. The van der Waals surface area contributed by atoms with Crippen LogP contribution in [0.15, 0.2) is 29.3 Å². The van der Waals surface area contributed by atoms with Crippen molar-refractivity contribution in [1.29, 1.82) is 0 Å². The average molecular weight is 237 g/mol. The van der Waals surface area contributed by atoms with Gasteiger partial charge in [-0.05, 0) is 17.7 Å². The molecule has 0 saturated heterocycles. The Balaban J connectivity index is 2.95. The number of aliphatic carboxylic acids is 1. The summed E-state index contributed by atoms with van der Waals surface area (Å²) in [5.41, 5.74) is 11.3. The Labute approximate surface area is 98.9 Å². The van der Waals surface area contributed by atoms with Gasteiger partial charge >= 0.3 is 5.97 Å². The summed E-state index contributed by atoms with van der Waals surface area (Å²) in [4.78, 5) is 14.6. The summed E-state index contributed by atoms with van der Waals surface area (Å²) in [5.74, 6) is -0.407. The molecular weight excluding hydrogens is 222 g/mol. The average Bonchev–Trinajstić information content (AvgIpc) is 2.27. The molecule has 0 heterocycles. The lowest BCUT2D eigenvalue weighted by molar-refractivity contribution is -0.137. The largest absolute Gasteiger partial charge is 0.497 e. The second kappa shape index (κ2) is 5.74. The molecule has 0 aromatic heterocycles. The summed E-state index contributed by atoms with van der Waals surface area (Å²) >= 11 is 0. The van der Waals surface area contributed by atoms with Crippen molar-refractivity contribution in [2.75, 3.05) is 7.11 Å². The first kappa shape index (κ1) is 12.8. The number of methoxy groups -OCH3 is 1. The second-order valence-corrected chi connectivity index (χ2v) is 3.44. The van der Waals surface area contributed by atoms with Gasteiger partial charge in [0.15, 0.2) is 5.96 Å². The number of hydrogen-bond acceptors (Lipinski definition) is 3. The molecule has 0 aliphatic carbocycles. The number of benzene rings is 1. The molecular formula is C11H15N3O3. The van der Waals surface area contributed by atoms with E-state index < -0.39 is 12.0 Å². The van der Waals surface area contributed by atoms with Crippen LogP contribution in [0.2, 0.25) is 0 Å². The zero-order chi connectivity index (χ0) is 12.8. The second-order valence-electron chi connectivity index (χ2n) is 3.44. The monoisotopic (exact) mass is 237 g/mol. The number of ether oxygens (including phenoxy) is 1. The minimum Gasteiger partial charge on any atom is -0.497 e. The lowest BCUT2D eigenvalue weighted by Gasteiger charge is -2.11. The number of carbonyl (C=O) groups is 1. The molecule has 0 spiro atoms. The number of carboxylic acids is 1. The van der Waals surface area contributed by atoms with Gasteiger partial charge in [-0.1, -0.05) is 12.1 Å². The number of aliphatic imine (C=N–C) groups is 1. The Morgan fingerprint density at radius 3 is 2.41 bits per heavy atom. The van der Waals surface area contributed by atoms with E-state index in [1.54, 1.807) is 31.4 Å². The molecule has 0 bridgehead atoms. The van der Waals surface area contributed by atoms with Crippen LogP contribution in [0.3, 0.4) is 0 Å². The van der Waals surface area contributed by atoms with Crippen molar-refractivity contribution in [3.05, 3.63) is 29.8 Å². The van der Waals surface area contributed by atoms with E-state index in [1.165, 1.54) is 0 Å². The van der Waals surface area contributed by atoms with Crippen LogP contribution in [-0.4, -0.2) is 24.1 Å². The van der Waals surface area contributed by atoms with E-state index in [0.717, 1.165) is 5.56 Å². The van der Waals surface area contributed by atoms with Gasteiger partial charge < -0.3 is 21.3 Å². The quantitative estimate of drug-likeness (QED) is 0.509. The predicted octanol–water partition coefficient (Wildman–Crippen LogP) is 0.484. The zero-order valence-corrected chi connectivity index (χ0v) is 9.46. The fourth-order valence-corrected chi connectivity index (χ4v) is 1.41. The Kier molecular flexibility index (Phi) is 4.33. The van der Waals surface area contributed by atoms with Crippen molar-refractivity contribution in [1.82, 2.24) is 0 Å². The minimum absolute atomic E-state index is 0.132. The minimum atomic E-state index is -0.962. The van der Waals surface area contributed by atoms with Crippen molar-refractivity contribution in [2.24, 2.45) is 16.5 Å². The number of hydrogen-bond donors (Lipinski definition) is 3. The third kappa shape index (κ3) is 4.02. The molecule has 0 amide bonds. The van der Waals surface area contributed by atoms with E-state index in [4.69, 9.17) is 21.3 Å². The van der Waals surface area contributed by atoms with E-state index in [9.17, 15) is 4.79 Å². The first-order valence-electron chi connectivity index (χ1n) is 4.97. The van der Waals surface area contributed by atoms with Crippen LogP contribution in [0.5, 0.6) is 5.75 Å². The fourth-order valence-electron chi connectivity index (χ4n) is 1.41. The van der Waals surface area contributed by atoms with E-state index in [1.807, 2.05) is 0 Å². The topological polar surface area (TPSA) is 111 Å². The molecule has 6 heteroatoms. The van der Waals surface area contributed by atoms with Crippen LogP contribution in [0.4, 0.5) is 0 Å². The lowest BCUT2D eigenvalue weighted by Crippen LogP contribution is -2.24. The summed E-state index contributed by atoms with van der Waals surface area (Å²) < 4.78 is 5.01. The maximum atomic E-state index is 10.7. The third-order valence-electron chi connectivity index (χ3n) is 2.17.